The highest BCUT2D eigenvalue weighted by Gasteiger charge is 2.38. The van der Waals surface area contributed by atoms with Gasteiger partial charge in [0.05, 0.1) is 12.7 Å². The minimum absolute atomic E-state index is 0.301. The van der Waals surface area contributed by atoms with Gasteiger partial charge in [-0.15, -0.1) is 0 Å². The van der Waals surface area contributed by atoms with Crippen molar-refractivity contribution in [1.82, 2.24) is 5.32 Å². The van der Waals surface area contributed by atoms with Crippen molar-refractivity contribution in [2.45, 2.75) is 31.7 Å². The Morgan fingerprint density at radius 3 is 2.32 bits per heavy atom. The van der Waals surface area contributed by atoms with Gasteiger partial charge in [0, 0.05) is 5.02 Å². The molecule has 9 heteroatoms. The number of alkyl halides is 3. The Bertz CT molecular complexity index is 600. The van der Waals surface area contributed by atoms with Crippen LogP contribution in [-0.4, -0.2) is 36.4 Å². The van der Waals surface area contributed by atoms with Crippen molar-refractivity contribution in [2.75, 3.05) is 13.1 Å². The first kappa shape index (κ1) is 19.9. The van der Waals surface area contributed by atoms with Crippen molar-refractivity contribution in [2.24, 2.45) is 11.8 Å². The van der Waals surface area contributed by atoms with Gasteiger partial charge in [0.15, 0.2) is 0 Å². The van der Waals surface area contributed by atoms with E-state index in [2.05, 4.69) is 5.32 Å². The molecular formula is C16H18ClF4NO3. The van der Waals surface area contributed by atoms with Crippen LogP contribution in [0.1, 0.15) is 18.4 Å². The number of aliphatic carboxylic acids is 1. The summed E-state index contributed by atoms with van der Waals surface area (Å²) < 4.78 is 50.6. The molecule has 1 heterocycles. The molecule has 3 rings (SSSR count). The Kier molecular flexibility index (Phi) is 6.65. The van der Waals surface area contributed by atoms with E-state index in [1.54, 1.807) is 6.07 Å². The maximum Gasteiger partial charge on any atom is 0.490 e. The number of rotatable bonds is 3. The lowest BCUT2D eigenvalue weighted by molar-refractivity contribution is -0.192. The van der Waals surface area contributed by atoms with Crippen molar-refractivity contribution >= 4 is 17.6 Å². The van der Waals surface area contributed by atoms with Crippen LogP contribution in [-0.2, 0) is 16.1 Å². The second-order valence-electron chi connectivity index (χ2n) is 6.12. The number of benzene rings is 1. The molecule has 1 saturated carbocycles. The number of hydrogen-bond donors (Lipinski definition) is 2. The van der Waals surface area contributed by atoms with E-state index >= 15 is 0 Å². The lowest BCUT2D eigenvalue weighted by Gasteiger charge is -2.13. The highest BCUT2D eigenvalue weighted by Crippen LogP contribution is 2.36. The molecule has 2 N–H and O–H groups in total. The molecule has 1 aliphatic heterocycles. The summed E-state index contributed by atoms with van der Waals surface area (Å²) in [5.41, 5.74) is 0.869. The highest BCUT2D eigenvalue weighted by atomic mass is 35.5. The largest absolute Gasteiger partial charge is 0.490 e. The molecule has 0 aromatic heterocycles. The van der Waals surface area contributed by atoms with Crippen LogP contribution < -0.4 is 5.32 Å². The molecule has 1 saturated heterocycles. The molecule has 2 unspecified atom stereocenters. The summed E-state index contributed by atoms with van der Waals surface area (Å²) in [6.45, 7) is 2.74. The summed E-state index contributed by atoms with van der Waals surface area (Å²) in [4.78, 5) is 8.90. The first-order valence-corrected chi connectivity index (χ1v) is 8.11. The summed E-state index contributed by atoms with van der Waals surface area (Å²) >= 11 is 5.98. The van der Waals surface area contributed by atoms with Crippen molar-refractivity contribution in [3.63, 3.8) is 0 Å². The number of nitrogens with one attached hydrogen (secondary N) is 1. The SMILES string of the molecule is Fc1ccc(COC2CC3CNCC3C2)c(Cl)c1.O=C(O)C(F)(F)F. The Morgan fingerprint density at radius 1 is 1.28 bits per heavy atom. The van der Waals surface area contributed by atoms with Gasteiger partial charge >= 0.3 is 12.1 Å². The first-order valence-electron chi connectivity index (χ1n) is 7.73. The molecule has 2 fully saturated rings. The average molecular weight is 384 g/mol. The topological polar surface area (TPSA) is 58.6 Å². The predicted molar refractivity (Wildman–Crippen MR) is 82.8 cm³/mol. The Balaban J connectivity index is 0.000000277. The van der Waals surface area contributed by atoms with Gasteiger partial charge in [0.2, 0.25) is 0 Å². The lowest BCUT2D eigenvalue weighted by atomic mass is 10.0. The van der Waals surface area contributed by atoms with Crippen LogP contribution in [0.15, 0.2) is 18.2 Å². The number of ether oxygens (including phenoxy) is 1. The Morgan fingerprint density at radius 2 is 1.84 bits per heavy atom. The molecule has 0 spiro atoms. The van der Waals surface area contributed by atoms with Crippen molar-refractivity contribution < 1.29 is 32.2 Å². The van der Waals surface area contributed by atoms with Gasteiger partial charge in [-0.05, 0) is 55.5 Å². The first-order chi connectivity index (χ1) is 11.7. The van der Waals surface area contributed by atoms with Gasteiger partial charge in [0.1, 0.15) is 5.82 Å². The molecular weight excluding hydrogens is 366 g/mol. The number of hydrogen-bond acceptors (Lipinski definition) is 3. The second-order valence-corrected chi connectivity index (χ2v) is 6.53. The van der Waals surface area contributed by atoms with Crippen LogP contribution in [0, 0.1) is 17.7 Å². The minimum atomic E-state index is -5.08. The zero-order valence-electron chi connectivity index (χ0n) is 13.2. The smallest absolute Gasteiger partial charge is 0.475 e. The number of halogens is 5. The molecule has 2 aliphatic rings. The van der Waals surface area contributed by atoms with Gasteiger partial charge in [0.25, 0.3) is 0 Å². The summed E-state index contributed by atoms with van der Waals surface area (Å²) in [6, 6.07) is 4.47. The van der Waals surface area contributed by atoms with Gasteiger partial charge in [-0.3, -0.25) is 0 Å². The molecule has 25 heavy (non-hydrogen) atoms. The molecule has 2 atom stereocenters. The molecule has 0 radical (unpaired) electrons. The van der Waals surface area contributed by atoms with Gasteiger partial charge in [-0.1, -0.05) is 17.7 Å². The van der Waals surface area contributed by atoms with E-state index < -0.39 is 12.1 Å². The fourth-order valence-electron chi connectivity index (χ4n) is 3.09. The summed E-state index contributed by atoms with van der Waals surface area (Å²) in [7, 11) is 0. The van der Waals surface area contributed by atoms with Crippen molar-refractivity contribution in [1.29, 1.82) is 0 Å². The molecule has 1 aromatic rings. The van der Waals surface area contributed by atoms with E-state index in [-0.39, 0.29) is 5.82 Å². The third-order valence-electron chi connectivity index (χ3n) is 4.34. The zero-order chi connectivity index (χ0) is 18.6. The molecule has 0 amide bonds. The average Bonchev–Trinajstić information content (AvgIpc) is 3.07. The third-order valence-corrected chi connectivity index (χ3v) is 4.70. The highest BCUT2D eigenvalue weighted by molar-refractivity contribution is 6.31. The van der Waals surface area contributed by atoms with E-state index in [0.717, 1.165) is 43.3 Å². The maximum absolute atomic E-state index is 12.9. The number of carboxylic acid groups (broad SMARTS) is 1. The van der Waals surface area contributed by atoms with Crippen LogP contribution in [0.4, 0.5) is 17.6 Å². The van der Waals surface area contributed by atoms with Crippen LogP contribution in [0.3, 0.4) is 0 Å². The van der Waals surface area contributed by atoms with E-state index in [0.29, 0.717) is 17.7 Å². The van der Waals surface area contributed by atoms with Crippen LogP contribution in [0.2, 0.25) is 5.02 Å². The number of carboxylic acids is 1. The van der Waals surface area contributed by atoms with Crippen molar-refractivity contribution in [3.05, 3.63) is 34.6 Å². The van der Waals surface area contributed by atoms with Crippen LogP contribution in [0.5, 0.6) is 0 Å². The molecule has 1 aliphatic carbocycles. The van der Waals surface area contributed by atoms with Crippen LogP contribution >= 0.6 is 11.6 Å². The fourth-order valence-corrected chi connectivity index (χ4v) is 3.31. The molecule has 140 valence electrons. The van der Waals surface area contributed by atoms with Gasteiger partial charge in [-0.25, -0.2) is 9.18 Å². The van der Waals surface area contributed by atoms with Crippen molar-refractivity contribution in [3.8, 4) is 0 Å². The van der Waals surface area contributed by atoms with Crippen LogP contribution in [0.25, 0.3) is 0 Å². The minimum Gasteiger partial charge on any atom is -0.475 e. The summed E-state index contributed by atoms with van der Waals surface area (Å²) in [5.74, 6) is -1.50. The van der Waals surface area contributed by atoms with Gasteiger partial charge in [-0.2, -0.15) is 13.2 Å². The lowest BCUT2D eigenvalue weighted by Crippen LogP contribution is -2.21. The third kappa shape index (κ3) is 5.83. The summed E-state index contributed by atoms with van der Waals surface area (Å²) in [5, 5.41) is 11.0. The van der Waals surface area contributed by atoms with E-state index in [9.17, 15) is 17.6 Å². The van der Waals surface area contributed by atoms with E-state index in [4.69, 9.17) is 26.2 Å². The Labute approximate surface area is 147 Å². The summed E-state index contributed by atoms with van der Waals surface area (Å²) in [6.07, 6.45) is -2.48. The van der Waals surface area contributed by atoms with Gasteiger partial charge < -0.3 is 15.2 Å². The fraction of sp³-hybridized carbons (Fsp3) is 0.562. The van der Waals surface area contributed by atoms with E-state index in [1.807, 2.05) is 0 Å². The molecule has 4 nitrogen and oxygen atoms in total. The number of carbonyl (C=O) groups is 1. The van der Waals surface area contributed by atoms with E-state index in [1.165, 1.54) is 12.1 Å². The number of fused-ring (bicyclic) bond motifs is 1. The molecule has 0 bridgehead atoms. The second kappa shape index (κ2) is 8.33. The maximum atomic E-state index is 12.9. The molecule has 1 aromatic carbocycles. The normalized spacial score (nSPS) is 25.2. The standard InChI is InChI=1S/C14H17ClFNO.C2HF3O2/c15-14-5-12(16)2-1-9(14)8-18-13-3-10-6-17-7-11(10)4-13;3-2(4,5)1(6)7/h1-2,5,10-11,13,17H,3-4,6-8H2;(H,6,7). The predicted octanol–water partition coefficient (Wildman–Crippen LogP) is 3.63. The quantitative estimate of drug-likeness (QED) is 0.783. The Hall–Kier alpha value is -1.38. The monoisotopic (exact) mass is 383 g/mol. The zero-order valence-corrected chi connectivity index (χ0v) is 13.9.